The molecular weight excluding hydrogens is 601 g/mol. The highest BCUT2D eigenvalue weighted by Crippen LogP contribution is 2.45. The molecule has 0 unspecified atom stereocenters. The lowest BCUT2D eigenvalue weighted by Crippen LogP contribution is -1.93. The van der Waals surface area contributed by atoms with Crippen LogP contribution < -0.4 is 0 Å². The highest BCUT2D eigenvalue weighted by atomic mass is 32.1. The Morgan fingerprint density at radius 1 is 0.417 bits per heavy atom. The highest BCUT2D eigenvalue weighted by molar-refractivity contribution is 7.18. The molecule has 3 heterocycles. The van der Waals surface area contributed by atoms with Gasteiger partial charge in [0.2, 0.25) is 0 Å². The van der Waals surface area contributed by atoms with Gasteiger partial charge in [-0.05, 0) is 85.4 Å². The number of nitrogens with zero attached hydrogens (tertiary/aromatic N) is 2. The molecule has 0 N–H and O–H groups in total. The molecule has 10 aromatic rings. The van der Waals surface area contributed by atoms with Crippen LogP contribution in [0.2, 0.25) is 0 Å². The van der Waals surface area contributed by atoms with Gasteiger partial charge in [0.15, 0.2) is 0 Å². The zero-order valence-electron chi connectivity index (χ0n) is 26.0. The number of imidazole rings is 1. The van der Waals surface area contributed by atoms with Gasteiger partial charge in [-0.2, -0.15) is 0 Å². The van der Waals surface area contributed by atoms with Crippen molar-refractivity contribution < 1.29 is 0 Å². The summed E-state index contributed by atoms with van der Waals surface area (Å²) in [5.74, 6) is 0. The summed E-state index contributed by atoms with van der Waals surface area (Å²) in [6, 6.07) is 59.2. The van der Waals surface area contributed by atoms with E-state index in [1.165, 1.54) is 75.5 Å². The maximum atomic E-state index is 5.42. The van der Waals surface area contributed by atoms with E-state index < -0.39 is 0 Å². The number of hydrogen-bond donors (Lipinski definition) is 0. The Hall–Kier alpha value is -6.03. The minimum Gasteiger partial charge on any atom is -0.298 e. The van der Waals surface area contributed by atoms with Crippen LogP contribution in [0.15, 0.2) is 170 Å². The Balaban J connectivity index is 1.30. The van der Waals surface area contributed by atoms with Gasteiger partial charge in [0, 0.05) is 32.6 Å². The molecule has 0 bridgehead atoms. The fraction of sp³-hybridized carbons (Fsp3) is 0. The van der Waals surface area contributed by atoms with E-state index in [2.05, 4.69) is 174 Å². The number of hydrogen-bond acceptors (Lipinski definition) is 2. The lowest BCUT2D eigenvalue weighted by atomic mass is 9.89. The Labute approximate surface area is 281 Å². The molecule has 0 fully saturated rings. The van der Waals surface area contributed by atoms with E-state index in [0.29, 0.717) is 0 Å². The quantitative estimate of drug-likeness (QED) is 0.190. The van der Waals surface area contributed by atoms with Crippen LogP contribution in [0.4, 0.5) is 0 Å². The highest BCUT2D eigenvalue weighted by Gasteiger charge is 2.22. The average Bonchev–Trinajstić information content (AvgIpc) is 3.79. The summed E-state index contributed by atoms with van der Waals surface area (Å²) in [5.41, 5.74) is 10.2. The second kappa shape index (κ2) is 10.8. The molecule has 2 nitrogen and oxygen atoms in total. The third-order valence-corrected chi connectivity index (χ3v) is 10.8. The van der Waals surface area contributed by atoms with Crippen LogP contribution in [0.1, 0.15) is 0 Å². The summed E-state index contributed by atoms with van der Waals surface area (Å²) >= 11 is 1.83. The first-order valence-corrected chi connectivity index (χ1v) is 17.1. The summed E-state index contributed by atoms with van der Waals surface area (Å²) in [5, 5.41) is 7.36. The minimum atomic E-state index is 0.938. The lowest BCUT2D eigenvalue weighted by Gasteiger charge is -2.16. The van der Waals surface area contributed by atoms with Gasteiger partial charge in [0.1, 0.15) is 5.65 Å². The van der Waals surface area contributed by atoms with Crippen LogP contribution in [0.25, 0.3) is 92.1 Å². The monoisotopic (exact) mass is 628 g/mol. The summed E-state index contributed by atoms with van der Waals surface area (Å²) in [6.07, 6.45) is 2.29. The normalized spacial score (nSPS) is 11.8. The number of pyridine rings is 1. The first-order chi connectivity index (χ1) is 23.8. The van der Waals surface area contributed by atoms with Crippen molar-refractivity contribution in [1.29, 1.82) is 0 Å². The fourth-order valence-corrected chi connectivity index (χ4v) is 8.30. The van der Waals surface area contributed by atoms with E-state index in [0.717, 1.165) is 16.7 Å². The second-order valence-electron chi connectivity index (χ2n) is 12.4. The minimum absolute atomic E-state index is 0.938. The van der Waals surface area contributed by atoms with Crippen LogP contribution in [-0.2, 0) is 0 Å². The van der Waals surface area contributed by atoms with Crippen molar-refractivity contribution >= 4 is 60.3 Å². The molecular formula is C45H28N2S. The van der Waals surface area contributed by atoms with E-state index in [4.69, 9.17) is 4.98 Å². The van der Waals surface area contributed by atoms with Crippen LogP contribution in [0.3, 0.4) is 0 Å². The van der Waals surface area contributed by atoms with Gasteiger partial charge in [0.25, 0.3) is 0 Å². The number of thiophene rings is 1. The molecule has 48 heavy (non-hydrogen) atoms. The number of benzene rings is 7. The maximum absolute atomic E-state index is 5.42. The molecule has 0 radical (unpaired) electrons. The molecule has 7 aromatic carbocycles. The summed E-state index contributed by atoms with van der Waals surface area (Å²) in [6.45, 7) is 0. The molecule has 0 saturated carbocycles. The van der Waals surface area contributed by atoms with E-state index in [-0.39, 0.29) is 0 Å². The maximum Gasteiger partial charge on any atom is 0.137 e. The van der Waals surface area contributed by atoms with Crippen molar-refractivity contribution in [3.8, 4) is 43.1 Å². The fourth-order valence-electron chi connectivity index (χ4n) is 7.30. The van der Waals surface area contributed by atoms with Crippen LogP contribution in [0, 0.1) is 0 Å². The predicted molar refractivity (Wildman–Crippen MR) is 205 cm³/mol. The van der Waals surface area contributed by atoms with Gasteiger partial charge < -0.3 is 0 Å². The standard InChI is InChI=1S/C45H28N2S/c1-2-12-31(13-3-1)39-23-24-40(48-39)36-22-25-41-46-44-42(34-20-18-29-10-4-6-14-32(29)26-34)37-16-8-9-17-38(37)43(45(44)47(41)28-36)35-21-19-30-11-5-7-15-33(30)27-35/h1-28H. The van der Waals surface area contributed by atoms with Gasteiger partial charge in [-0.3, -0.25) is 4.40 Å². The largest absolute Gasteiger partial charge is 0.298 e. The SMILES string of the molecule is c1ccc(-c2ccc(-c3ccc4nc5c(-c6ccc7ccccc7c6)c6ccccc6c(-c6ccc7ccccc7c6)c5n4c3)s2)cc1. The molecule has 0 aliphatic carbocycles. The first-order valence-electron chi connectivity index (χ1n) is 16.3. The molecule has 224 valence electrons. The van der Waals surface area contributed by atoms with Gasteiger partial charge in [-0.15, -0.1) is 11.3 Å². The van der Waals surface area contributed by atoms with Crippen LogP contribution in [-0.4, -0.2) is 9.38 Å². The van der Waals surface area contributed by atoms with Crippen molar-refractivity contribution in [2.75, 3.05) is 0 Å². The predicted octanol–water partition coefficient (Wildman–Crippen LogP) is 12.7. The molecule has 10 rings (SSSR count). The van der Waals surface area contributed by atoms with Gasteiger partial charge in [0.05, 0.1) is 11.0 Å². The molecule has 3 heteroatoms. The third kappa shape index (κ3) is 4.29. The zero-order chi connectivity index (χ0) is 31.6. The molecule has 0 spiro atoms. The topological polar surface area (TPSA) is 17.3 Å². The molecule has 0 amide bonds. The van der Waals surface area contributed by atoms with Crippen molar-refractivity contribution in [2.24, 2.45) is 0 Å². The lowest BCUT2D eigenvalue weighted by molar-refractivity contribution is 1.23. The third-order valence-electron chi connectivity index (χ3n) is 9.58. The second-order valence-corrected chi connectivity index (χ2v) is 13.5. The summed E-state index contributed by atoms with van der Waals surface area (Å²) in [4.78, 5) is 7.93. The van der Waals surface area contributed by atoms with Crippen LogP contribution >= 0.6 is 11.3 Å². The smallest absolute Gasteiger partial charge is 0.137 e. The average molecular weight is 629 g/mol. The van der Waals surface area contributed by atoms with E-state index in [1.54, 1.807) is 0 Å². The molecule has 0 aliphatic rings. The number of aromatic nitrogens is 2. The Bertz CT molecular complexity index is 2840. The number of rotatable bonds is 4. The zero-order valence-corrected chi connectivity index (χ0v) is 26.8. The van der Waals surface area contributed by atoms with Gasteiger partial charge in [-0.1, -0.05) is 127 Å². The Kier molecular flexibility index (Phi) is 6.08. The summed E-state index contributed by atoms with van der Waals surface area (Å²) in [7, 11) is 0. The first kappa shape index (κ1) is 27.1. The summed E-state index contributed by atoms with van der Waals surface area (Å²) < 4.78 is 2.33. The van der Waals surface area contributed by atoms with Gasteiger partial charge >= 0.3 is 0 Å². The van der Waals surface area contributed by atoms with E-state index in [1.807, 2.05) is 11.3 Å². The molecule has 3 aromatic heterocycles. The Morgan fingerprint density at radius 2 is 0.958 bits per heavy atom. The van der Waals surface area contributed by atoms with Crippen molar-refractivity contribution in [1.82, 2.24) is 9.38 Å². The van der Waals surface area contributed by atoms with Crippen molar-refractivity contribution in [3.05, 3.63) is 170 Å². The molecule has 0 saturated heterocycles. The molecule has 0 aliphatic heterocycles. The van der Waals surface area contributed by atoms with Gasteiger partial charge in [-0.25, -0.2) is 4.98 Å². The van der Waals surface area contributed by atoms with Crippen molar-refractivity contribution in [3.63, 3.8) is 0 Å². The Morgan fingerprint density at radius 3 is 1.65 bits per heavy atom. The van der Waals surface area contributed by atoms with E-state index >= 15 is 0 Å². The number of fused-ring (bicyclic) bond motifs is 6. The van der Waals surface area contributed by atoms with E-state index in [9.17, 15) is 0 Å². The van der Waals surface area contributed by atoms with Crippen molar-refractivity contribution in [2.45, 2.75) is 0 Å². The van der Waals surface area contributed by atoms with Crippen LogP contribution in [0.5, 0.6) is 0 Å². The molecule has 0 atom stereocenters.